The number of hydrogen-bond acceptors (Lipinski definition) is 5. The topological polar surface area (TPSA) is 66.9 Å². The van der Waals surface area contributed by atoms with E-state index in [1.54, 1.807) is 0 Å². The molecule has 1 aromatic heterocycles. The first-order valence-electron chi connectivity index (χ1n) is 10.8. The zero-order valence-electron chi connectivity index (χ0n) is 18.7. The number of alkyl halides is 3. The van der Waals surface area contributed by atoms with E-state index in [9.17, 15) is 18.0 Å². The normalized spacial score (nSPS) is 15.2. The van der Waals surface area contributed by atoms with Crippen LogP contribution in [0.1, 0.15) is 54.4 Å². The summed E-state index contributed by atoms with van der Waals surface area (Å²) in [4.78, 5) is 22.1. The molecule has 0 atom stereocenters. The van der Waals surface area contributed by atoms with Gasteiger partial charge in [-0.25, -0.2) is 4.98 Å². The van der Waals surface area contributed by atoms with Crippen molar-refractivity contribution in [2.45, 2.75) is 46.2 Å². The minimum atomic E-state index is -4.46. The number of aromatic nitrogens is 2. The van der Waals surface area contributed by atoms with E-state index in [0.717, 1.165) is 29.8 Å². The van der Waals surface area contributed by atoms with Gasteiger partial charge in [0.05, 0.1) is 16.8 Å². The summed E-state index contributed by atoms with van der Waals surface area (Å²) < 4.78 is 39.4. The molecule has 0 unspecified atom stereocenters. The summed E-state index contributed by atoms with van der Waals surface area (Å²) in [6, 6.07) is 12.6. The van der Waals surface area contributed by atoms with Gasteiger partial charge in [0.1, 0.15) is 5.82 Å². The van der Waals surface area contributed by atoms with Gasteiger partial charge in [-0.05, 0) is 48.1 Å². The number of rotatable bonds is 5. The van der Waals surface area contributed by atoms with E-state index >= 15 is 0 Å². The largest absolute Gasteiger partial charge is 0.416 e. The van der Waals surface area contributed by atoms with Crippen molar-refractivity contribution < 1.29 is 18.0 Å². The Kier molecular flexibility index (Phi) is 5.86. The summed E-state index contributed by atoms with van der Waals surface area (Å²) in [6.45, 7) is 6.02. The molecule has 33 heavy (non-hydrogen) atoms. The molecule has 8 heteroatoms. The summed E-state index contributed by atoms with van der Waals surface area (Å²) in [5.74, 6) is 0.439. The van der Waals surface area contributed by atoms with Crippen molar-refractivity contribution in [1.82, 2.24) is 9.97 Å². The highest BCUT2D eigenvalue weighted by Gasteiger charge is 2.35. The molecule has 0 saturated heterocycles. The molecule has 0 bridgehead atoms. The number of nitrogens with zero attached hydrogens (tertiary/aromatic N) is 2. The molecule has 1 heterocycles. The van der Waals surface area contributed by atoms with E-state index < -0.39 is 11.7 Å². The van der Waals surface area contributed by atoms with Gasteiger partial charge in [0.2, 0.25) is 5.95 Å². The summed E-state index contributed by atoms with van der Waals surface area (Å²) >= 11 is 0. The van der Waals surface area contributed by atoms with Crippen LogP contribution in [0.4, 0.5) is 36.3 Å². The molecule has 1 aliphatic rings. The third-order valence-corrected chi connectivity index (χ3v) is 5.65. The van der Waals surface area contributed by atoms with Crippen molar-refractivity contribution in [2.75, 3.05) is 10.6 Å². The van der Waals surface area contributed by atoms with Gasteiger partial charge in [0.15, 0.2) is 5.78 Å². The lowest BCUT2D eigenvalue weighted by Crippen LogP contribution is -2.29. The van der Waals surface area contributed by atoms with Crippen molar-refractivity contribution in [2.24, 2.45) is 5.41 Å². The Morgan fingerprint density at radius 3 is 2.48 bits per heavy atom. The number of halogens is 3. The van der Waals surface area contributed by atoms with Crippen LogP contribution in [-0.2, 0) is 19.0 Å². The van der Waals surface area contributed by atoms with Gasteiger partial charge in [-0.1, -0.05) is 45.0 Å². The summed E-state index contributed by atoms with van der Waals surface area (Å²) in [6.07, 6.45) is -2.75. The number of Topliss-reactive ketones (excluding diaryl/α,β-unsaturated/α-hetero) is 1. The van der Waals surface area contributed by atoms with Gasteiger partial charge >= 0.3 is 6.18 Å². The second-order valence-corrected chi connectivity index (χ2v) is 9.00. The Bertz CT molecular complexity index is 1200. The predicted octanol–water partition coefficient (Wildman–Crippen LogP) is 6.70. The van der Waals surface area contributed by atoms with Crippen LogP contribution >= 0.6 is 0 Å². The van der Waals surface area contributed by atoms with Crippen LogP contribution in [0.3, 0.4) is 0 Å². The molecule has 3 aromatic rings. The Balaban J connectivity index is 1.78. The summed E-state index contributed by atoms with van der Waals surface area (Å²) in [5, 5.41) is 6.17. The van der Waals surface area contributed by atoms with E-state index in [4.69, 9.17) is 0 Å². The molecule has 0 saturated carbocycles. The molecular weight excluding hydrogens is 429 g/mol. The van der Waals surface area contributed by atoms with Crippen LogP contribution in [0.2, 0.25) is 0 Å². The molecular formula is C25H25F3N4O. The number of ketones is 1. The predicted molar refractivity (Wildman–Crippen MR) is 122 cm³/mol. The number of hydrogen-bond donors (Lipinski definition) is 2. The SMILES string of the molecule is CCc1ccccc1Nc1nc(Nc2cccc(C(F)(F)F)c2)nc2c1C(=O)CC(C)(C)C2. The first kappa shape index (κ1) is 22.8. The molecule has 0 amide bonds. The van der Waals surface area contributed by atoms with E-state index in [0.29, 0.717) is 29.9 Å². The second-order valence-electron chi connectivity index (χ2n) is 9.00. The molecule has 2 N–H and O–H groups in total. The number of anilines is 4. The van der Waals surface area contributed by atoms with E-state index in [-0.39, 0.29) is 22.8 Å². The average molecular weight is 454 g/mol. The Morgan fingerprint density at radius 1 is 1.00 bits per heavy atom. The van der Waals surface area contributed by atoms with Crippen molar-refractivity contribution in [3.05, 3.63) is 70.9 Å². The van der Waals surface area contributed by atoms with Crippen LogP contribution in [-0.4, -0.2) is 15.8 Å². The maximum atomic E-state index is 13.1. The number of benzene rings is 2. The Hall–Kier alpha value is -3.42. The monoisotopic (exact) mass is 454 g/mol. The lowest BCUT2D eigenvalue weighted by molar-refractivity contribution is -0.137. The number of carbonyl (C=O) groups is 1. The number of aryl methyl sites for hydroxylation is 1. The number of fused-ring (bicyclic) bond motifs is 1. The van der Waals surface area contributed by atoms with Crippen LogP contribution in [0.15, 0.2) is 48.5 Å². The van der Waals surface area contributed by atoms with Crippen molar-refractivity contribution in [3.8, 4) is 0 Å². The number of nitrogens with one attached hydrogen (secondary N) is 2. The lowest BCUT2D eigenvalue weighted by atomic mass is 9.75. The zero-order chi connectivity index (χ0) is 23.8. The molecule has 4 rings (SSSR count). The maximum absolute atomic E-state index is 13.1. The molecule has 0 aliphatic heterocycles. The summed E-state index contributed by atoms with van der Waals surface area (Å²) in [5.41, 5.74) is 2.07. The first-order valence-corrected chi connectivity index (χ1v) is 10.8. The van der Waals surface area contributed by atoms with Crippen molar-refractivity contribution in [3.63, 3.8) is 0 Å². The van der Waals surface area contributed by atoms with E-state index in [2.05, 4.69) is 20.6 Å². The average Bonchev–Trinajstić information content (AvgIpc) is 2.72. The van der Waals surface area contributed by atoms with E-state index in [1.165, 1.54) is 12.1 Å². The van der Waals surface area contributed by atoms with Gasteiger partial charge < -0.3 is 10.6 Å². The minimum Gasteiger partial charge on any atom is -0.339 e. The van der Waals surface area contributed by atoms with Crippen LogP contribution in [0.5, 0.6) is 0 Å². The fraction of sp³-hybridized carbons (Fsp3) is 0.320. The molecule has 0 fully saturated rings. The van der Waals surface area contributed by atoms with Crippen LogP contribution in [0.25, 0.3) is 0 Å². The van der Waals surface area contributed by atoms with Gasteiger partial charge in [0, 0.05) is 17.8 Å². The molecule has 0 radical (unpaired) electrons. The Morgan fingerprint density at radius 2 is 1.76 bits per heavy atom. The van der Waals surface area contributed by atoms with Gasteiger partial charge in [-0.2, -0.15) is 18.2 Å². The van der Waals surface area contributed by atoms with Gasteiger partial charge in [-0.15, -0.1) is 0 Å². The molecule has 1 aliphatic carbocycles. The number of para-hydroxylation sites is 1. The maximum Gasteiger partial charge on any atom is 0.416 e. The first-order chi connectivity index (χ1) is 15.6. The highest BCUT2D eigenvalue weighted by molar-refractivity contribution is 6.03. The standard InChI is InChI=1S/C25H25F3N4O/c1-4-15-8-5-6-11-18(15)30-22-21-19(13-24(2,3)14-20(21)33)31-23(32-22)29-17-10-7-9-16(12-17)25(26,27)28/h5-12H,4,13-14H2,1-3H3,(H2,29,30,31,32). The third-order valence-electron chi connectivity index (χ3n) is 5.65. The smallest absolute Gasteiger partial charge is 0.339 e. The van der Waals surface area contributed by atoms with Gasteiger partial charge in [-0.3, -0.25) is 4.79 Å². The highest BCUT2D eigenvalue weighted by Crippen LogP contribution is 2.38. The second kappa shape index (κ2) is 8.50. The quantitative estimate of drug-likeness (QED) is 0.449. The zero-order valence-corrected chi connectivity index (χ0v) is 18.7. The van der Waals surface area contributed by atoms with Gasteiger partial charge in [0.25, 0.3) is 0 Å². The molecule has 2 aromatic carbocycles. The third kappa shape index (κ3) is 4.99. The summed E-state index contributed by atoms with van der Waals surface area (Å²) in [7, 11) is 0. The lowest BCUT2D eigenvalue weighted by Gasteiger charge is -2.30. The highest BCUT2D eigenvalue weighted by atomic mass is 19.4. The van der Waals surface area contributed by atoms with Crippen molar-refractivity contribution >= 4 is 28.9 Å². The van der Waals surface area contributed by atoms with Crippen LogP contribution in [0, 0.1) is 5.41 Å². The van der Waals surface area contributed by atoms with Crippen molar-refractivity contribution in [1.29, 1.82) is 0 Å². The fourth-order valence-corrected chi connectivity index (χ4v) is 4.09. The fourth-order valence-electron chi connectivity index (χ4n) is 4.09. The van der Waals surface area contributed by atoms with E-state index in [1.807, 2.05) is 45.0 Å². The molecule has 172 valence electrons. The molecule has 5 nitrogen and oxygen atoms in total. The number of carbonyl (C=O) groups excluding carboxylic acids is 1. The molecule has 0 spiro atoms. The Labute approximate surface area is 190 Å². The minimum absolute atomic E-state index is 0.0525. The van der Waals surface area contributed by atoms with Crippen LogP contribution < -0.4 is 10.6 Å².